The number of hydrogen-bond donors (Lipinski definition) is 1. The summed E-state index contributed by atoms with van der Waals surface area (Å²) in [5.41, 5.74) is 6.57. The van der Waals surface area contributed by atoms with Gasteiger partial charge in [0, 0.05) is 47.1 Å². The average Bonchev–Trinajstić information content (AvgIpc) is 3.30. The Morgan fingerprint density at radius 3 is 1.90 bits per heavy atom. The Labute approximate surface area is 232 Å². The van der Waals surface area contributed by atoms with E-state index in [0.717, 1.165) is 72.8 Å². The summed E-state index contributed by atoms with van der Waals surface area (Å²) < 4.78 is 6.08. The molecule has 0 saturated carbocycles. The number of unbranched alkanes of at least 4 members (excludes halogenated alkanes) is 2. The maximum absolute atomic E-state index is 13.2. The maximum atomic E-state index is 13.2. The van der Waals surface area contributed by atoms with Gasteiger partial charge in [-0.25, -0.2) is 4.79 Å². The van der Waals surface area contributed by atoms with Crippen LogP contribution in [0.15, 0.2) is 103 Å². The van der Waals surface area contributed by atoms with Crippen LogP contribution in [-0.2, 0) is 4.74 Å². The van der Waals surface area contributed by atoms with Crippen LogP contribution in [0.1, 0.15) is 61.7 Å². The summed E-state index contributed by atoms with van der Waals surface area (Å²) in [6.07, 6.45) is 4.00. The van der Waals surface area contributed by atoms with Gasteiger partial charge in [-0.1, -0.05) is 69.2 Å². The lowest BCUT2D eigenvalue weighted by molar-refractivity contribution is 0.0399. The molecule has 0 spiro atoms. The standard InChI is InChI=1S/C34H37N3O2/c1-3-5-23-36(24-6-4-2)30-21-22-31-32(25-30)34(38)39-33(31)37(28-15-11-8-12-16-28)29-19-17-27(18-20-29)35-26-13-9-7-10-14-26/h7-22,25,33,35H,3-6,23-24H2,1-2H3. The molecule has 1 aliphatic heterocycles. The summed E-state index contributed by atoms with van der Waals surface area (Å²) >= 11 is 0. The third-order valence-corrected chi connectivity index (χ3v) is 7.15. The highest BCUT2D eigenvalue weighted by molar-refractivity contribution is 5.96. The third-order valence-electron chi connectivity index (χ3n) is 7.15. The van der Waals surface area contributed by atoms with Crippen molar-refractivity contribution >= 4 is 34.4 Å². The van der Waals surface area contributed by atoms with Gasteiger partial charge < -0.3 is 19.9 Å². The summed E-state index contributed by atoms with van der Waals surface area (Å²) in [5.74, 6) is -0.272. The van der Waals surface area contributed by atoms with Crippen LogP contribution < -0.4 is 15.1 Å². The van der Waals surface area contributed by atoms with Gasteiger partial charge in [0.15, 0.2) is 0 Å². The highest BCUT2D eigenvalue weighted by Gasteiger charge is 2.37. The van der Waals surface area contributed by atoms with Crippen molar-refractivity contribution in [3.05, 3.63) is 114 Å². The van der Waals surface area contributed by atoms with Crippen LogP contribution in [0.4, 0.5) is 28.4 Å². The van der Waals surface area contributed by atoms with E-state index in [1.54, 1.807) is 0 Å². The zero-order valence-corrected chi connectivity index (χ0v) is 22.8. The van der Waals surface area contributed by atoms with E-state index in [0.29, 0.717) is 5.56 Å². The zero-order valence-electron chi connectivity index (χ0n) is 22.8. The molecule has 5 rings (SSSR count). The lowest BCUT2D eigenvalue weighted by Gasteiger charge is -2.31. The number of para-hydroxylation sites is 2. The molecule has 0 aliphatic carbocycles. The highest BCUT2D eigenvalue weighted by Crippen LogP contribution is 2.42. The number of ether oxygens (including phenoxy) is 1. The number of nitrogens with zero attached hydrogens (tertiary/aromatic N) is 2. The van der Waals surface area contributed by atoms with Crippen LogP contribution in [0, 0.1) is 0 Å². The second-order valence-corrected chi connectivity index (χ2v) is 9.97. The number of esters is 1. The van der Waals surface area contributed by atoms with E-state index < -0.39 is 6.23 Å². The van der Waals surface area contributed by atoms with Gasteiger partial charge in [0.2, 0.25) is 6.23 Å². The second kappa shape index (κ2) is 12.5. The second-order valence-electron chi connectivity index (χ2n) is 9.97. The Balaban J connectivity index is 1.46. The first-order valence-corrected chi connectivity index (χ1v) is 14.0. The molecule has 0 saturated heterocycles. The highest BCUT2D eigenvalue weighted by atomic mass is 16.6. The average molecular weight is 520 g/mol. The predicted octanol–water partition coefficient (Wildman–Crippen LogP) is 8.84. The number of rotatable bonds is 12. The molecule has 1 unspecified atom stereocenters. The molecule has 0 amide bonds. The van der Waals surface area contributed by atoms with E-state index in [2.05, 4.69) is 65.4 Å². The molecule has 5 nitrogen and oxygen atoms in total. The van der Waals surface area contributed by atoms with Gasteiger partial charge in [-0.3, -0.25) is 0 Å². The van der Waals surface area contributed by atoms with Gasteiger partial charge in [0.25, 0.3) is 0 Å². The quantitative estimate of drug-likeness (QED) is 0.189. The minimum atomic E-state index is -0.545. The summed E-state index contributed by atoms with van der Waals surface area (Å²) in [6.45, 7) is 6.41. The number of hydrogen-bond acceptors (Lipinski definition) is 5. The molecule has 0 fully saturated rings. The Bertz CT molecular complexity index is 1350. The number of fused-ring (bicyclic) bond motifs is 1. The van der Waals surface area contributed by atoms with E-state index in [4.69, 9.17) is 4.74 Å². The van der Waals surface area contributed by atoms with E-state index in [1.165, 1.54) is 0 Å². The lowest BCUT2D eigenvalue weighted by atomic mass is 10.0. The fourth-order valence-corrected chi connectivity index (χ4v) is 5.02. The first-order chi connectivity index (χ1) is 19.2. The van der Waals surface area contributed by atoms with Crippen molar-refractivity contribution in [2.45, 2.75) is 45.8 Å². The largest absolute Gasteiger partial charge is 0.433 e. The van der Waals surface area contributed by atoms with E-state index >= 15 is 0 Å². The first kappa shape index (κ1) is 26.4. The van der Waals surface area contributed by atoms with Gasteiger partial charge in [-0.2, -0.15) is 0 Å². The minimum absolute atomic E-state index is 0.272. The van der Waals surface area contributed by atoms with Crippen LogP contribution in [0.3, 0.4) is 0 Å². The molecule has 1 N–H and O–H groups in total. The van der Waals surface area contributed by atoms with Crippen molar-refractivity contribution < 1.29 is 9.53 Å². The molecule has 1 atom stereocenters. The lowest BCUT2D eigenvalue weighted by Crippen LogP contribution is -2.26. The molecule has 4 aromatic carbocycles. The van der Waals surface area contributed by atoms with Crippen LogP contribution in [0.25, 0.3) is 0 Å². The molecule has 4 aromatic rings. The van der Waals surface area contributed by atoms with Crippen molar-refractivity contribution in [3.8, 4) is 0 Å². The molecule has 39 heavy (non-hydrogen) atoms. The monoisotopic (exact) mass is 519 g/mol. The maximum Gasteiger partial charge on any atom is 0.340 e. The molecule has 0 radical (unpaired) electrons. The van der Waals surface area contributed by atoms with Gasteiger partial charge in [-0.05, 0) is 73.5 Å². The number of cyclic esters (lactones) is 1. The number of carbonyl (C=O) groups is 1. The molecule has 0 bridgehead atoms. The van der Waals surface area contributed by atoms with Gasteiger partial charge in [0.05, 0.1) is 5.56 Å². The number of benzene rings is 4. The molecule has 1 aliphatic rings. The van der Waals surface area contributed by atoms with E-state index in [9.17, 15) is 4.79 Å². The predicted molar refractivity (Wildman–Crippen MR) is 161 cm³/mol. The SMILES string of the molecule is CCCCN(CCCC)c1ccc2c(c1)C(=O)OC2N(c1ccccc1)c1ccc(Nc2ccccc2)cc1. The summed E-state index contributed by atoms with van der Waals surface area (Å²) in [5, 5.41) is 3.44. The summed E-state index contributed by atoms with van der Waals surface area (Å²) in [6, 6.07) is 34.7. The molecular formula is C34H37N3O2. The Morgan fingerprint density at radius 2 is 1.26 bits per heavy atom. The van der Waals surface area contributed by atoms with Gasteiger partial charge >= 0.3 is 5.97 Å². The zero-order chi connectivity index (χ0) is 27.0. The third kappa shape index (κ3) is 6.09. The Morgan fingerprint density at radius 1 is 0.692 bits per heavy atom. The van der Waals surface area contributed by atoms with Crippen molar-refractivity contribution in [3.63, 3.8) is 0 Å². The smallest absolute Gasteiger partial charge is 0.340 e. The van der Waals surface area contributed by atoms with Crippen molar-refractivity contribution in [2.75, 3.05) is 28.2 Å². The molecule has 1 heterocycles. The normalized spacial score (nSPS) is 14.0. The number of anilines is 5. The fraction of sp³-hybridized carbons (Fsp3) is 0.265. The topological polar surface area (TPSA) is 44.8 Å². The summed E-state index contributed by atoms with van der Waals surface area (Å²) in [7, 11) is 0. The van der Waals surface area contributed by atoms with Crippen LogP contribution >= 0.6 is 0 Å². The van der Waals surface area contributed by atoms with Crippen molar-refractivity contribution in [2.24, 2.45) is 0 Å². The van der Waals surface area contributed by atoms with E-state index in [-0.39, 0.29) is 5.97 Å². The van der Waals surface area contributed by atoms with Gasteiger partial charge in [0.1, 0.15) is 0 Å². The number of nitrogens with one attached hydrogen (secondary N) is 1. The van der Waals surface area contributed by atoms with Gasteiger partial charge in [-0.15, -0.1) is 0 Å². The van der Waals surface area contributed by atoms with Crippen molar-refractivity contribution in [1.29, 1.82) is 0 Å². The molecular weight excluding hydrogens is 482 g/mol. The van der Waals surface area contributed by atoms with Crippen LogP contribution in [0.2, 0.25) is 0 Å². The van der Waals surface area contributed by atoms with Crippen LogP contribution in [-0.4, -0.2) is 19.1 Å². The molecule has 0 aromatic heterocycles. The fourth-order valence-electron chi connectivity index (χ4n) is 5.02. The Hall–Kier alpha value is -4.25. The molecule has 5 heteroatoms. The molecule has 200 valence electrons. The number of carbonyl (C=O) groups excluding carboxylic acids is 1. The Kier molecular flexibility index (Phi) is 8.47. The first-order valence-electron chi connectivity index (χ1n) is 14.0. The van der Waals surface area contributed by atoms with E-state index in [1.807, 2.05) is 66.7 Å². The minimum Gasteiger partial charge on any atom is -0.433 e. The van der Waals surface area contributed by atoms with Crippen molar-refractivity contribution in [1.82, 2.24) is 0 Å². The summed E-state index contributed by atoms with van der Waals surface area (Å²) in [4.78, 5) is 17.7. The van der Waals surface area contributed by atoms with Crippen LogP contribution in [0.5, 0.6) is 0 Å².